The van der Waals surface area contributed by atoms with Gasteiger partial charge < -0.3 is 10.2 Å². The Kier molecular flexibility index (Phi) is 7.07. The monoisotopic (exact) mass is 514 g/mol. The van der Waals surface area contributed by atoms with Crippen LogP contribution in [0.1, 0.15) is 50.4 Å². The molecule has 0 bridgehead atoms. The number of hydrogen-bond acceptors (Lipinski definition) is 6. The smallest absolute Gasteiger partial charge is 0.269 e. The van der Waals surface area contributed by atoms with Crippen molar-refractivity contribution in [2.24, 2.45) is 0 Å². The first kappa shape index (κ1) is 26.2. The highest BCUT2D eigenvalue weighted by molar-refractivity contribution is 6.22. The number of amides is 4. The Labute approximate surface area is 219 Å². The van der Waals surface area contributed by atoms with E-state index in [1.165, 1.54) is 50.4 Å². The molecule has 4 rings (SSSR count). The summed E-state index contributed by atoms with van der Waals surface area (Å²) in [6.07, 6.45) is 0. The van der Waals surface area contributed by atoms with Gasteiger partial charge in [-0.15, -0.1) is 0 Å². The average Bonchev–Trinajstić information content (AvgIpc) is 3.15. The van der Waals surface area contributed by atoms with E-state index < -0.39 is 40.6 Å². The maximum absolute atomic E-state index is 13.6. The van der Waals surface area contributed by atoms with E-state index in [9.17, 15) is 29.3 Å². The minimum Gasteiger partial charge on any atom is -0.328 e. The molecule has 3 aromatic rings. The maximum atomic E-state index is 13.6. The first-order valence-corrected chi connectivity index (χ1v) is 11.9. The summed E-state index contributed by atoms with van der Waals surface area (Å²) in [6.45, 7) is 5.10. The Balaban J connectivity index is 1.68. The molecule has 1 aliphatic rings. The van der Waals surface area contributed by atoms with Crippen LogP contribution >= 0.6 is 0 Å². The second kappa shape index (κ2) is 10.3. The normalized spacial score (nSPS) is 14.1. The van der Waals surface area contributed by atoms with Gasteiger partial charge in [0.25, 0.3) is 23.4 Å². The number of nitrogens with one attached hydrogen (secondary N) is 1. The molecular formula is C28H26N4O6. The number of imide groups is 1. The van der Waals surface area contributed by atoms with Crippen molar-refractivity contribution in [1.82, 2.24) is 9.80 Å². The van der Waals surface area contributed by atoms with Crippen molar-refractivity contribution in [2.45, 2.75) is 32.9 Å². The van der Waals surface area contributed by atoms with Crippen molar-refractivity contribution in [3.05, 3.63) is 105 Å². The molecule has 1 N–H and O–H groups in total. The summed E-state index contributed by atoms with van der Waals surface area (Å²) >= 11 is 0. The van der Waals surface area contributed by atoms with Gasteiger partial charge in [-0.2, -0.15) is 0 Å². The quantitative estimate of drug-likeness (QED) is 0.288. The van der Waals surface area contributed by atoms with Gasteiger partial charge in [0.05, 0.1) is 16.1 Å². The predicted octanol–water partition coefficient (Wildman–Crippen LogP) is 4.03. The van der Waals surface area contributed by atoms with Gasteiger partial charge in [0.15, 0.2) is 0 Å². The van der Waals surface area contributed by atoms with Gasteiger partial charge in [-0.1, -0.05) is 30.3 Å². The molecule has 38 heavy (non-hydrogen) atoms. The molecule has 0 saturated heterocycles. The lowest BCUT2D eigenvalue weighted by atomic mass is 10.0. The number of anilines is 1. The molecular weight excluding hydrogens is 488 g/mol. The second-order valence-corrected chi connectivity index (χ2v) is 9.16. The molecule has 0 saturated carbocycles. The summed E-state index contributed by atoms with van der Waals surface area (Å²) in [7, 11) is 1.40. The molecule has 194 valence electrons. The number of rotatable bonds is 7. The Morgan fingerprint density at radius 1 is 0.895 bits per heavy atom. The van der Waals surface area contributed by atoms with E-state index in [0.29, 0.717) is 11.3 Å². The Bertz CT molecular complexity index is 1410. The molecule has 0 fully saturated rings. The number of nitro groups is 1. The Morgan fingerprint density at radius 2 is 1.42 bits per heavy atom. The molecule has 1 aliphatic heterocycles. The van der Waals surface area contributed by atoms with Crippen LogP contribution in [0.4, 0.5) is 11.4 Å². The molecule has 2 atom stereocenters. The van der Waals surface area contributed by atoms with Crippen molar-refractivity contribution < 1.29 is 24.1 Å². The zero-order valence-electron chi connectivity index (χ0n) is 21.3. The van der Waals surface area contributed by atoms with Crippen LogP contribution in [0.5, 0.6) is 0 Å². The van der Waals surface area contributed by atoms with E-state index in [-0.39, 0.29) is 16.8 Å². The first-order valence-electron chi connectivity index (χ1n) is 11.9. The van der Waals surface area contributed by atoms with Crippen LogP contribution in [0.3, 0.4) is 0 Å². The van der Waals surface area contributed by atoms with Crippen LogP contribution in [0.25, 0.3) is 0 Å². The molecule has 0 spiro atoms. The summed E-state index contributed by atoms with van der Waals surface area (Å²) in [6, 6.07) is 14.7. The number of carbonyl (C=O) groups is 4. The van der Waals surface area contributed by atoms with E-state index >= 15 is 0 Å². The number of aryl methyl sites for hydroxylation is 2. The molecule has 3 aromatic carbocycles. The maximum Gasteiger partial charge on any atom is 0.269 e. The minimum absolute atomic E-state index is 0.170. The SMILES string of the molecule is Cc1cccc(C)c1NC(=O)C(c1ccc([N+](=O)[O-])cc1)N(C)C(=O)C(C)N1C(=O)c2ccccc2C1=O. The van der Waals surface area contributed by atoms with Crippen molar-refractivity contribution in [3.8, 4) is 0 Å². The van der Waals surface area contributed by atoms with Crippen molar-refractivity contribution in [3.63, 3.8) is 0 Å². The number of carbonyl (C=O) groups excluding carboxylic acids is 4. The lowest BCUT2D eigenvalue weighted by Gasteiger charge is -2.32. The third kappa shape index (κ3) is 4.63. The van der Waals surface area contributed by atoms with Gasteiger partial charge in [0, 0.05) is 24.9 Å². The van der Waals surface area contributed by atoms with Crippen molar-refractivity contribution in [2.75, 3.05) is 12.4 Å². The predicted molar refractivity (Wildman–Crippen MR) is 140 cm³/mol. The zero-order valence-corrected chi connectivity index (χ0v) is 21.3. The van der Waals surface area contributed by atoms with Gasteiger partial charge in [0.2, 0.25) is 5.91 Å². The lowest BCUT2D eigenvalue weighted by Crippen LogP contribution is -2.50. The first-order chi connectivity index (χ1) is 18.0. The topological polar surface area (TPSA) is 130 Å². The summed E-state index contributed by atoms with van der Waals surface area (Å²) in [5.41, 5.74) is 2.78. The zero-order chi connectivity index (χ0) is 27.7. The highest BCUT2D eigenvalue weighted by atomic mass is 16.6. The minimum atomic E-state index is -1.21. The summed E-state index contributed by atoms with van der Waals surface area (Å²) in [5, 5.41) is 14.0. The van der Waals surface area contributed by atoms with Crippen molar-refractivity contribution in [1.29, 1.82) is 0 Å². The molecule has 0 aromatic heterocycles. The third-order valence-electron chi connectivity index (χ3n) is 6.70. The fourth-order valence-corrected chi connectivity index (χ4v) is 4.62. The number of nitro benzene ring substituents is 1. The standard InChI is InChI=1S/C28H26N4O6/c1-16-8-7-9-17(2)23(16)29-25(33)24(19-12-14-20(15-13-19)32(37)38)30(4)26(34)18(3)31-27(35)21-10-5-6-11-22(21)28(31)36/h5-15,18,24H,1-4H3,(H,29,33). The van der Waals surface area contributed by atoms with E-state index in [0.717, 1.165) is 20.9 Å². The Morgan fingerprint density at radius 3 is 1.92 bits per heavy atom. The molecule has 10 heteroatoms. The highest BCUT2D eigenvalue weighted by Crippen LogP contribution is 2.29. The number of non-ortho nitro benzene ring substituents is 1. The van der Waals surface area contributed by atoms with Crippen LogP contribution in [-0.2, 0) is 9.59 Å². The fraction of sp³-hybridized carbons (Fsp3) is 0.214. The van der Waals surface area contributed by atoms with Gasteiger partial charge in [-0.3, -0.25) is 34.2 Å². The molecule has 4 amide bonds. The molecule has 2 unspecified atom stereocenters. The number of para-hydroxylation sites is 1. The lowest BCUT2D eigenvalue weighted by molar-refractivity contribution is -0.384. The number of fused-ring (bicyclic) bond motifs is 1. The van der Waals surface area contributed by atoms with Crippen molar-refractivity contribution >= 4 is 35.0 Å². The molecule has 0 aliphatic carbocycles. The van der Waals surface area contributed by atoms with Gasteiger partial charge in [-0.25, -0.2) is 0 Å². The van der Waals surface area contributed by atoms with E-state index in [1.54, 1.807) is 12.1 Å². The molecule has 10 nitrogen and oxygen atoms in total. The van der Waals surface area contributed by atoms with Crippen LogP contribution in [0.2, 0.25) is 0 Å². The third-order valence-corrected chi connectivity index (χ3v) is 6.70. The van der Waals surface area contributed by atoms with Gasteiger partial charge >= 0.3 is 0 Å². The molecule has 0 radical (unpaired) electrons. The van der Waals surface area contributed by atoms with Crippen LogP contribution in [0.15, 0.2) is 66.7 Å². The number of hydrogen-bond donors (Lipinski definition) is 1. The van der Waals surface area contributed by atoms with Crippen LogP contribution < -0.4 is 5.32 Å². The average molecular weight is 515 g/mol. The van der Waals surface area contributed by atoms with Crippen LogP contribution in [-0.4, -0.2) is 51.4 Å². The largest absolute Gasteiger partial charge is 0.328 e. The van der Waals surface area contributed by atoms with E-state index in [2.05, 4.69) is 5.32 Å². The number of nitrogens with zero attached hydrogens (tertiary/aromatic N) is 3. The second-order valence-electron chi connectivity index (χ2n) is 9.16. The number of benzene rings is 3. The van der Waals surface area contributed by atoms with E-state index in [1.807, 2.05) is 32.0 Å². The van der Waals surface area contributed by atoms with Crippen LogP contribution in [0, 0.1) is 24.0 Å². The highest BCUT2D eigenvalue weighted by Gasteiger charge is 2.43. The summed E-state index contributed by atoms with van der Waals surface area (Å²) < 4.78 is 0. The van der Waals surface area contributed by atoms with Gasteiger partial charge in [-0.05, 0) is 61.7 Å². The fourth-order valence-electron chi connectivity index (χ4n) is 4.62. The Hall–Kier alpha value is -4.86. The number of likely N-dealkylation sites (N-methyl/N-ethyl adjacent to an activating group) is 1. The summed E-state index contributed by atoms with van der Waals surface area (Å²) in [4.78, 5) is 65.8. The van der Waals surface area contributed by atoms with Gasteiger partial charge in [0.1, 0.15) is 12.1 Å². The molecule has 1 heterocycles. The summed E-state index contributed by atoms with van der Waals surface area (Å²) in [5.74, 6) is -2.39. The van der Waals surface area contributed by atoms with E-state index in [4.69, 9.17) is 0 Å².